The Balaban J connectivity index is 2.02. The quantitative estimate of drug-likeness (QED) is 0.519. The van der Waals surface area contributed by atoms with Crippen LogP contribution in [-0.2, 0) is 14.6 Å². The van der Waals surface area contributed by atoms with Crippen LogP contribution in [0.1, 0.15) is 39.2 Å². The Hall–Kier alpha value is -2.25. The highest BCUT2D eigenvalue weighted by Crippen LogP contribution is 2.34. The smallest absolute Gasteiger partial charge is 0.248 e. The molecule has 1 heterocycles. The van der Waals surface area contributed by atoms with Gasteiger partial charge in [0.1, 0.15) is 5.75 Å². The van der Waals surface area contributed by atoms with Gasteiger partial charge in [-0.25, -0.2) is 13.4 Å². The van der Waals surface area contributed by atoms with E-state index in [1.165, 1.54) is 16.2 Å². The molecule has 5 nitrogen and oxygen atoms in total. The first-order chi connectivity index (χ1) is 13.7. The number of hydrogen-bond donors (Lipinski definition) is 0. The van der Waals surface area contributed by atoms with Crippen LogP contribution in [0.2, 0.25) is 0 Å². The number of hydrogen-bond acceptors (Lipinski definition) is 5. The number of carbonyl (C=O) groups is 1. The number of sulfone groups is 1. The maximum Gasteiger partial charge on any atom is 0.248 e. The van der Waals surface area contributed by atoms with Gasteiger partial charge in [-0.2, -0.15) is 0 Å². The second-order valence-corrected chi connectivity index (χ2v) is 11.0. The van der Waals surface area contributed by atoms with Crippen molar-refractivity contribution in [3.63, 3.8) is 0 Å². The number of fused-ring (bicyclic) bond motifs is 1. The highest BCUT2D eigenvalue weighted by Gasteiger charge is 2.27. The van der Waals surface area contributed by atoms with Crippen molar-refractivity contribution in [2.45, 2.75) is 33.6 Å². The molecule has 3 rings (SSSR count). The lowest BCUT2D eigenvalue weighted by Gasteiger charge is -2.21. The molecule has 7 heteroatoms. The summed E-state index contributed by atoms with van der Waals surface area (Å²) in [6, 6.07) is 15.3. The summed E-state index contributed by atoms with van der Waals surface area (Å²) >= 11 is 1.38. The van der Waals surface area contributed by atoms with Crippen molar-refractivity contribution < 1.29 is 13.2 Å². The number of benzene rings is 2. The summed E-state index contributed by atoms with van der Waals surface area (Å²) in [5, 5.41) is 0.480. The Morgan fingerprint density at radius 1 is 1.03 bits per heavy atom. The molecule has 0 saturated carbocycles. The van der Waals surface area contributed by atoms with E-state index in [-0.39, 0.29) is 11.7 Å². The SMILES string of the molecule is CC(C)CS(=O)(=O)CC(=O)N(c1ccc(C(C)C)cc1)c1nc2ccccc2s1. The monoisotopic (exact) mass is 430 g/mol. The number of amides is 1. The predicted molar refractivity (Wildman–Crippen MR) is 121 cm³/mol. The number of thiazole rings is 1. The third-order valence-corrected chi connectivity index (χ3v) is 7.35. The first-order valence-electron chi connectivity index (χ1n) is 9.65. The first-order valence-corrected chi connectivity index (χ1v) is 12.3. The molecule has 154 valence electrons. The molecule has 1 amide bonds. The van der Waals surface area contributed by atoms with E-state index < -0.39 is 21.5 Å². The fraction of sp³-hybridized carbons (Fsp3) is 0.364. The van der Waals surface area contributed by atoms with E-state index in [4.69, 9.17) is 0 Å². The lowest BCUT2D eigenvalue weighted by molar-refractivity contribution is -0.115. The van der Waals surface area contributed by atoms with Gasteiger partial charge in [0, 0.05) is 0 Å². The van der Waals surface area contributed by atoms with Crippen LogP contribution in [-0.4, -0.2) is 30.8 Å². The van der Waals surface area contributed by atoms with Gasteiger partial charge in [-0.15, -0.1) is 0 Å². The summed E-state index contributed by atoms with van der Waals surface area (Å²) < 4.78 is 25.9. The molecule has 0 radical (unpaired) electrons. The zero-order chi connectivity index (χ0) is 21.2. The number of carbonyl (C=O) groups excluding carboxylic acids is 1. The third-order valence-electron chi connectivity index (χ3n) is 4.47. The molecule has 3 aromatic rings. The molecule has 1 aromatic heterocycles. The summed E-state index contributed by atoms with van der Waals surface area (Å²) in [6.07, 6.45) is 0. The molecule has 2 aromatic carbocycles. The maximum absolute atomic E-state index is 13.2. The predicted octanol–water partition coefficient (Wildman–Crippen LogP) is 5.16. The van der Waals surface area contributed by atoms with E-state index in [2.05, 4.69) is 18.8 Å². The molecule has 0 fully saturated rings. The van der Waals surface area contributed by atoms with E-state index in [1.54, 1.807) is 0 Å². The Morgan fingerprint density at radius 2 is 1.69 bits per heavy atom. The summed E-state index contributed by atoms with van der Waals surface area (Å²) in [6.45, 7) is 7.86. The fourth-order valence-electron chi connectivity index (χ4n) is 3.14. The molecule has 0 atom stereocenters. The minimum Gasteiger partial charge on any atom is -0.273 e. The second-order valence-electron chi connectivity index (χ2n) is 7.89. The van der Waals surface area contributed by atoms with Gasteiger partial charge in [-0.3, -0.25) is 9.69 Å². The van der Waals surface area contributed by atoms with Crippen LogP contribution in [0.4, 0.5) is 10.8 Å². The molecule has 0 aliphatic rings. The van der Waals surface area contributed by atoms with Gasteiger partial charge in [0.05, 0.1) is 21.7 Å². The molecule has 0 saturated heterocycles. The van der Waals surface area contributed by atoms with E-state index in [0.29, 0.717) is 16.7 Å². The van der Waals surface area contributed by atoms with E-state index >= 15 is 0 Å². The second kappa shape index (κ2) is 8.63. The van der Waals surface area contributed by atoms with Crippen LogP contribution in [0.3, 0.4) is 0 Å². The maximum atomic E-state index is 13.2. The number of para-hydroxylation sites is 1. The van der Waals surface area contributed by atoms with Crippen molar-refractivity contribution in [3.8, 4) is 0 Å². The van der Waals surface area contributed by atoms with Gasteiger partial charge in [-0.05, 0) is 41.7 Å². The fourth-order valence-corrected chi connectivity index (χ4v) is 5.79. The summed E-state index contributed by atoms with van der Waals surface area (Å²) in [5.41, 5.74) is 2.56. The molecular weight excluding hydrogens is 404 g/mol. The third kappa shape index (κ3) is 5.22. The van der Waals surface area contributed by atoms with Gasteiger partial charge >= 0.3 is 0 Å². The molecule has 0 bridgehead atoms. The average Bonchev–Trinajstić information content (AvgIpc) is 3.04. The van der Waals surface area contributed by atoms with Crippen molar-refractivity contribution in [1.29, 1.82) is 0 Å². The molecule has 29 heavy (non-hydrogen) atoms. The van der Waals surface area contributed by atoms with Crippen molar-refractivity contribution in [1.82, 2.24) is 4.98 Å². The van der Waals surface area contributed by atoms with Gasteiger partial charge < -0.3 is 0 Å². The van der Waals surface area contributed by atoms with Crippen LogP contribution < -0.4 is 4.90 Å². The van der Waals surface area contributed by atoms with E-state index in [9.17, 15) is 13.2 Å². The number of rotatable bonds is 7. The molecule has 0 aliphatic heterocycles. The highest BCUT2D eigenvalue weighted by molar-refractivity contribution is 7.92. The lowest BCUT2D eigenvalue weighted by atomic mass is 10.0. The number of anilines is 2. The summed E-state index contributed by atoms with van der Waals surface area (Å²) in [7, 11) is -3.51. The Bertz CT molecular complexity index is 1070. The van der Waals surface area contributed by atoms with Crippen molar-refractivity contribution in [3.05, 3.63) is 54.1 Å². The van der Waals surface area contributed by atoms with Crippen LogP contribution in [0.25, 0.3) is 10.2 Å². The van der Waals surface area contributed by atoms with Gasteiger partial charge in [0.15, 0.2) is 15.0 Å². The van der Waals surface area contributed by atoms with Gasteiger partial charge in [0.2, 0.25) is 5.91 Å². The van der Waals surface area contributed by atoms with Gasteiger partial charge in [0.25, 0.3) is 0 Å². The molecule has 0 aliphatic carbocycles. The molecular formula is C22H26N2O3S2. The van der Waals surface area contributed by atoms with E-state index in [1.807, 2.05) is 62.4 Å². The van der Waals surface area contributed by atoms with Crippen molar-refractivity contribution in [2.75, 3.05) is 16.4 Å². The summed E-state index contributed by atoms with van der Waals surface area (Å²) in [4.78, 5) is 19.2. The summed E-state index contributed by atoms with van der Waals surface area (Å²) in [5.74, 6) is -0.704. The Labute approximate surface area is 176 Å². The zero-order valence-electron chi connectivity index (χ0n) is 17.1. The zero-order valence-corrected chi connectivity index (χ0v) is 18.8. The first kappa shape index (κ1) is 21.5. The van der Waals surface area contributed by atoms with Crippen molar-refractivity contribution >= 4 is 48.1 Å². The van der Waals surface area contributed by atoms with Crippen LogP contribution in [0.15, 0.2) is 48.5 Å². The minimum atomic E-state index is -3.51. The average molecular weight is 431 g/mol. The molecule has 0 N–H and O–H groups in total. The topological polar surface area (TPSA) is 67.3 Å². The van der Waals surface area contributed by atoms with Gasteiger partial charge in [-0.1, -0.05) is 63.3 Å². The normalized spacial score (nSPS) is 12.1. The van der Waals surface area contributed by atoms with Crippen LogP contribution in [0.5, 0.6) is 0 Å². The molecule has 0 unspecified atom stereocenters. The van der Waals surface area contributed by atoms with Crippen molar-refractivity contribution in [2.24, 2.45) is 5.92 Å². The standard InChI is InChI=1S/C22H26N2O3S2/c1-15(2)13-29(26,27)14-21(25)24(18-11-9-17(10-12-18)16(3)4)22-23-19-7-5-6-8-20(19)28-22/h5-12,15-16H,13-14H2,1-4H3. The Kier molecular flexibility index (Phi) is 6.39. The molecule has 0 spiro atoms. The number of aromatic nitrogens is 1. The van der Waals surface area contributed by atoms with Crippen LogP contribution in [0, 0.1) is 5.92 Å². The Morgan fingerprint density at radius 3 is 2.28 bits per heavy atom. The highest BCUT2D eigenvalue weighted by atomic mass is 32.2. The number of nitrogens with zero attached hydrogens (tertiary/aromatic N) is 2. The lowest BCUT2D eigenvalue weighted by Crippen LogP contribution is -2.33. The minimum absolute atomic E-state index is 0.0152. The van der Waals surface area contributed by atoms with Crippen LogP contribution >= 0.6 is 11.3 Å². The van der Waals surface area contributed by atoms with E-state index in [0.717, 1.165) is 15.8 Å². The largest absolute Gasteiger partial charge is 0.273 e.